The molecule has 0 fully saturated rings. The van der Waals surface area contributed by atoms with Crippen molar-refractivity contribution >= 4 is 33.0 Å². The Labute approximate surface area is 140 Å². The molecule has 0 radical (unpaired) electrons. The van der Waals surface area contributed by atoms with Crippen molar-refractivity contribution in [1.82, 2.24) is 9.55 Å². The first-order valence-electron chi connectivity index (χ1n) is 7.11. The van der Waals surface area contributed by atoms with Crippen LogP contribution in [0.2, 0.25) is 0 Å². The molecule has 24 heavy (non-hydrogen) atoms. The van der Waals surface area contributed by atoms with Crippen molar-refractivity contribution in [2.75, 3.05) is 0 Å². The topological polar surface area (TPSA) is 95.1 Å². The SMILES string of the molecule is Cc1sc2ncn(CC(=O)c3cccc([N+](=O)[O-])c3)c(=O)c2c1C. The number of hydrogen-bond donors (Lipinski definition) is 0. The molecular weight excluding hydrogens is 330 g/mol. The van der Waals surface area contributed by atoms with Crippen LogP contribution in [-0.4, -0.2) is 20.3 Å². The number of carbonyl (C=O) groups excluding carboxylic acids is 1. The molecule has 0 aliphatic heterocycles. The van der Waals surface area contributed by atoms with E-state index in [4.69, 9.17) is 0 Å². The van der Waals surface area contributed by atoms with E-state index in [-0.39, 0.29) is 29.1 Å². The molecule has 0 aliphatic rings. The molecule has 2 heterocycles. The minimum absolute atomic E-state index is 0.161. The molecule has 8 heteroatoms. The summed E-state index contributed by atoms with van der Waals surface area (Å²) in [4.78, 5) is 41.1. The molecule has 0 saturated carbocycles. The van der Waals surface area contributed by atoms with Crippen molar-refractivity contribution in [2.24, 2.45) is 0 Å². The number of benzene rings is 1. The number of carbonyl (C=O) groups is 1. The molecule has 7 nitrogen and oxygen atoms in total. The number of rotatable bonds is 4. The van der Waals surface area contributed by atoms with E-state index in [0.29, 0.717) is 10.2 Å². The van der Waals surface area contributed by atoms with Gasteiger partial charge in [-0.05, 0) is 19.4 Å². The number of ketones is 1. The predicted molar refractivity (Wildman–Crippen MR) is 90.8 cm³/mol. The second-order valence-corrected chi connectivity index (χ2v) is 6.57. The zero-order valence-corrected chi connectivity index (χ0v) is 13.8. The van der Waals surface area contributed by atoms with Crippen LogP contribution in [0.25, 0.3) is 10.2 Å². The van der Waals surface area contributed by atoms with Crippen molar-refractivity contribution in [3.05, 3.63) is 67.1 Å². The summed E-state index contributed by atoms with van der Waals surface area (Å²) in [6.45, 7) is 3.56. The number of aromatic nitrogens is 2. The summed E-state index contributed by atoms with van der Waals surface area (Å²) in [5, 5.41) is 11.3. The van der Waals surface area contributed by atoms with E-state index < -0.39 is 4.92 Å². The van der Waals surface area contributed by atoms with Gasteiger partial charge in [-0.1, -0.05) is 12.1 Å². The first-order valence-corrected chi connectivity index (χ1v) is 7.93. The zero-order valence-electron chi connectivity index (χ0n) is 13.0. The minimum atomic E-state index is -0.561. The van der Waals surface area contributed by atoms with Gasteiger partial charge in [-0.15, -0.1) is 11.3 Å². The fourth-order valence-electron chi connectivity index (χ4n) is 2.42. The lowest BCUT2D eigenvalue weighted by molar-refractivity contribution is -0.384. The van der Waals surface area contributed by atoms with Gasteiger partial charge in [0.2, 0.25) is 0 Å². The monoisotopic (exact) mass is 343 g/mol. The molecule has 0 aliphatic carbocycles. The van der Waals surface area contributed by atoms with Crippen molar-refractivity contribution < 1.29 is 9.72 Å². The zero-order chi connectivity index (χ0) is 17.4. The molecule has 2 aromatic heterocycles. The first kappa shape index (κ1) is 16.0. The van der Waals surface area contributed by atoms with Gasteiger partial charge in [0.15, 0.2) is 5.78 Å². The quantitative estimate of drug-likeness (QED) is 0.412. The number of nitro benzene ring substituents is 1. The molecular formula is C16H13N3O4S. The Hall–Kier alpha value is -2.87. The van der Waals surface area contributed by atoms with Gasteiger partial charge >= 0.3 is 0 Å². The number of thiophene rings is 1. The van der Waals surface area contributed by atoms with Gasteiger partial charge in [0.05, 0.1) is 23.2 Å². The Morgan fingerprint density at radius 3 is 2.83 bits per heavy atom. The van der Waals surface area contributed by atoms with E-state index in [0.717, 1.165) is 10.4 Å². The van der Waals surface area contributed by atoms with Crippen LogP contribution in [0, 0.1) is 24.0 Å². The smallest absolute Gasteiger partial charge is 0.270 e. The summed E-state index contributed by atoms with van der Waals surface area (Å²) >= 11 is 1.44. The van der Waals surface area contributed by atoms with E-state index in [1.165, 1.54) is 46.5 Å². The van der Waals surface area contributed by atoms with Crippen molar-refractivity contribution in [1.29, 1.82) is 0 Å². The van der Waals surface area contributed by atoms with Crippen LogP contribution in [0.3, 0.4) is 0 Å². The van der Waals surface area contributed by atoms with Crippen molar-refractivity contribution in [3.8, 4) is 0 Å². The number of non-ortho nitro benzene ring substituents is 1. The second kappa shape index (κ2) is 5.97. The molecule has 0 saturated heterocycles. The summed E-state index contributed by atoms with van der Waals surface area (Å²) in [6, 6.07) is 5.46. The van der Waals surface area contributed by atoms with Crippen LogP contribution in [0.1, 0.15) is 20.8 Å². The maximum Gasteiger partial charge on any atom is 0.270 e. The van der Waals surface area contributed by atoms with Gasteiger partial charge in [-0.25, -0.2) is 4.98 Å². The number of fused-ring (bicyclic) bond motifs is 1. The maximum atomic E-state index is 12.6. The molecule has 0 amide bonds. The summed E-state index contributed by atoms with van der Waals surface area (Å²) in [7, 11) is 0. The van der Waals surface area contributed by atoms with Gasteiger partial charge < -0.3 is 0 Å². The standard InChI is InChI=1S/C16H13N3O4S/c1-9-10(2)24-15-14(9)16(21)18(8-17-15)7-13(20)11-4-3-5-12(6-11)19(22)23/h3-6,8H,7H2,1-2H3. The first-order chi connectivity index (χ1) is 11.4. The lowest BCUT2D eigenvalue weighted by Crippen LogP contribution is -2.24. The normalized spacial score (nSPS) is 10.9. The Bertz CT molecular complexity index is 1040. The van der Waals surface area contributed by atoms with E-state index >= 15 is 0 Å². The average Bonchev–Trinajstić information content (AvgIpc) is 2.85. The number of hydrogen-bond acceptors (Lipinski definition) is 6. The van der Waals surface area contributed by atoms with E-state index in [1.807, 2.05) is 13.8 Å². The number of nitro groups is 1. The lowest BCUT2D eigenvalue weighted by Gasteiger charge is -2.05. The highest BCUT2D eigenvalue weighted by atomic mass is 32.1. The van der Waals surface area contributed by atoms with Gasteiger partial charge in [0.1, 0.15) is 4.83 Å². The summed E-state index contributed by atoms with van der Waals surface area (Å²) < 4.78 is 1.24. The highest BCUT2D eigenvalue weighted by molar-refractivity contribution is 7.18. The molecule has 0 N–H and O–H groups in total. The Balaban J connectivity index is 1.98. The van der Waals surface area contributed by atoms with E-state index in [2.05, 4.69) is 4.98 Å². The molecule has 0 atom stereocenters. The lowest BCUT2D eigenvalue weighted by atomic mass is 10.1. The Morgan fingerprint density at radius 1 is 1.38 bits per heavy atom. The molecule has 122 valence electrons. The average molecular weight is 343 g/mol. The fraction of sp³-hybridized carbons (Fsp3) is 0.188. The van der Waals surface area contributed by atoms with Gasteiger partial charge in [-0.3, -0.25) is 24.3 Å². The van der Waals surface area contributed by atoms with Crippen LogP contribution in [0.15, 0.2) is 35.4 Å². The third kappa shape index (κ3) is 2.71. The largest absolute Gasteiger partial charge is 0.292 e. The Morgan fingerprint density at radius 2 is 2.12 bits per heavy atom. The molecule has 3 rings (SSSR count). The molecule has 0 unspecified atom stereocenters. The highest BCUT2D eigenvalue weighted by Gasteiger charge is 2.16. The Kier molecular flexibility index (Phi) is 3.98. The van der Waals surface area contributed by atoms with Gasteiger partial charge in [0.25, 0.3) is 11.2 Å². The number of Topliss-reactive ketones (excluding diaryl/α,β-unsaturated/α-hetero) is 1. The van der Waals surface area contributed by atoms with Crippen LogP contribution >= 0.6 is 11.3 Å². The fourth-order valence-corrected chi connectivity index (χ4v) is 3.41. The minimum Gasteiger partial charge on any atom is -0.292 e. The predicted octanol–water partition coefficient (Wildman–Crippen LogP) is 2.87. The number of nitrogens with zero attached hydrogens (tertiary/aromatic N) is 3. The molecule has 0 spiro atoms. The van der Waals surface area contributed by atoms with Crippen molar-refractivity contribution in [2.45, 2.75) is 20.4 Å². The van der Waals surface area contributed by atoms with Crippen LogP contribution in [-0.2, 0) is 6.54 Å². The molecule has 1 aromatic carbocycles. The third-order valence-electron chi connectivity index (χ3n) is 3.85. The van der Waals surface area contributed by atoms with Gasteiger partial charge in [-0.2, -0.15) is 0 Å². The summed E-state index contributed by atoms with van der Waals surface area (Å²) in [6.07, 6.45) is 1.34. The van der Waals surface area contributed by atoms with E-state index in [9.17, 15) is 19.7 Å². The third-order valence-corrected chi connectivity index (χ3v) is 4.96. The van der Waals surface area contributed by atoms with E-state index in [1.54, 1.807) is 0 Å². The molecule has 3 aromatic rings. The highest BCUT2D eigenvalue weighted by Crippen LogP contribution is 2.25. The van der Waals surface area contributed by atoms with Crippen LogP contribution in [0.5, 0.6) is 0 Å². The second-order valence-electron chi connectivity index (χ2n) is 5.37. The molecule has 0 bridgehead atoms. The van der Waals surface area contributed by atoms with Crippen LogP contribution < -0.4 is 5.56 Å². The van der Waals surface area contributed by atoms with Crippen molar-refractivity contribution in [3.63, 3.8) is 0 Å². The maximum absolute atomic E-state index is 12.6. The summed E-state index contributed by atoms with van der Waals surface area (Å²) in [5.74, 6) is -0.383. The summed E-state index contributed by atoms with van der Waals surface area (Å²) in [5.41, 5.74) is 0.616. The number of aryl methyl sites for hydroxylation is 2. The van der Waals surface area contributed by atoms with Crippen LogP contribution in [0.4, 0.5) is 5.69 Å². The van der Waals surface area contributed by atoms with Gasteiger partial charge in [0, 0.05) is 22.6 Å².